The minimum absolute atomic E-state index is 0.674. The van der Waals surface area contributed by atoms with E-state index in [0.29, 0.717) is 15.0 Å². The van der Waals surface area contributed by atoms with Gasteiger partial charge in [0.25, 0.3) is 0 Å². The molecule has 110 valence electrons. The predicted octanol–water partition coefficient (Wildman–Crippen LogP) is 6.03. The molecule has 1 aliphatic rings. The topological polar surface area (TPSA) is 0 Å². The standard InChI is InChI=1S/C17H30SSe/c1-4-5-12-18-17(19-13-11-15(2)3)14-16-9-7-6-8-10-16/h11,14,16H,4-10,12-13H2,1-3H3/b17-14+. The molecule has 1 saturated carbocycles. The van der Waals surface area contributed by atoms with Crippen LogP contribution < -0.4 is 0 Å². The van der Waals surface area contributed by atoms with Crippen LogP contribution in [0, 0.1) is 5.92 Å². The third kappa shape index (κ3) is 9.00. The number of allylic oxidation sites excluding steroid dienone is 3. The Morgan fingerprint density at radius 1 is 1.21 bits per heavy atom. The van der Waals surface area contributed by atoms with Crippen LogP contribution in [-0.2, 0) is 0 Å². The van der Waals surface area contributed by atoms with Gasteiger partial charge in [0.1, 0.15) is 0 Å². The van der Waals surface area contributed by atoms with E-state index < -0.39 is 0 Å². The second-order valence-corrected chi connectivity index (χ2v) is 9.63. The Bertz CT molecular complexity index is 284. The fourth-order valence-corrected chi connectivity index (χ4v) is 6.47. The summed E-state index contributed by atoms with van der Waals surface area (Å²) < 4.78 is 1.73. The van der Waals surface area contributed by atoms with Crippen LogP contribution in [0.2, 0.25) is 5.32 Å². The molecule has 0 aromatic heterocycles. The van der Waals surface area contributed by atoms with Crippen molar-refractivity contribution in [2.24, 2.45) is 5.92 Å². The maximum absolute atomic E-state index is 2.65. The number of thioether (sulfide) groups is 1. The van der Waals surface area contributed by atoms with E-state index in [9.17, 15) is 0 Å². The van der Waals surface area contributed by atoms with Gasteiger partial charge in [0.2, 0.25) is 0 Å². The monoisotopic (exact) mass is 346 g/mol. The number of hydrogen-bond acceptors (Lipinski definition) is 1. The Morgan fingerprint density at radius 3 is 2.58 bits per heavy atom. The molecule has 0 unspecified atom stereocenters. The van der Waals surface area contributed by atoms with Crippen molar-refractivity contribution in [2.45, 2.75) is 71.0 Å². The fourth-order valence-electron chi connectivity index (χ4n) is 2.24. The molecule has 0 saturated heterocycles. The summed E-state index contributed by atoms with van der Waals surface area (Å²) in [6.45, 7) is 6.72. The Hall–Kier alpha value is 0.349. The molecule has 0 aromatic carbocycles. The van der Waals surface area contributed by atoms with Gasteiger partial charge in [-0.2, -0.15) is 0 Å². The molecule has 0 radical (unpaired) electrons. The summed E-state index contributed by atoms with van der Waals surface area (Å²) in [5.74, 6) is 2.22. The van der Waals surface area contributed by atoms with Crippen LogP contribution in [-0.4, -0.2) is 20.7 Å². The van der Waals surface area contributed by atoms with Crippen molar-refractivity contribution in [3.63, 3.8) is 0 Å². The summed E-state index contributed by atoms with van der Waals surface area (Å²) in [5.41, 5.74) is 1.47. The Morgan fingerprint density at radius 2 is 1.95 bits per heavy atom. The average molecular weight is 345 g/mol. The molecule has 0 aliphatic heterocycles. The normalized spacial score (nSPS) is 17.5. The first-order chi connectivity index (χ1) is 9.22. The van der Waals surface area contributed by atoms with E-state index in [0.717, 1.165) is 5.92 Å². The quantitative estimate of drug-likeness (QED) is 0.294. The van der Waals surface area contributed by atoms with Crippen molar-refractivity contribution in [1.29, 1.82) is 0 Å². The van der Waals surface area contributed by atoms with Crippen LogP contribution in [0.1, 0.15) is 65.7 Å². The van der Waals surface area contributed by atoms with Gasteiger partial charge < -0.3 is 0 Å². The summed E-state index contributed by atoms with van der Waals surface area (Å²) >= 11 is 2.82. The van der Waals surface area contributed by atoms with E-state index in [4.69, 9.17) is 0 Å². The molecule has 2 heteroatoms. The summed E-state index contributed by atoms with van der Waals surface area (Å²) in [6, 6.07) is 0. The van der Waals surface area contributed by atoms with Crippen molar-refractivity contribution in [3.8, 4) is 0 Å². The second kappa shape index (κ2) is 11.1. The molecule has 0 nitrogen and oxygen atoms in total. The molecule has 0 aromatic rings. The van der Waals surface area contributed by atoms with Gasteiger partial charge in [0.05, 0.1) is 0 Å². The first-order valence-corrected chi connectivity index (χ1v) is 10.9. The molecule has 19 heavy (non-hydrogen) atoms. The summed E-state index contributed by atoms with van der Waals surface area (Å²) in [4.78, 5) is 0. The minimum atomic E-state index is 0.674. The molecule has 1 fully saturated rings. The van der Waals surface area contributed by atoms with Crippen LogP contribution in [0.25, 0.3) is 0 Å². The molecule has 1 aliphatic carbocycles. The van der Waals surface area contributed by atoms with Crippen LogP contribution in [0.3, 0.4) is 0 Å². The maximum atomic E-state index is 2.65. The molecule has 0 spiro atoms. The van der Waals surface area contributed by atoms with Gasteiger partial charge in [-0.3, -0.25) is 0 Å². The zero-order chi connectivity index (χ0) is 13.9. The van der Waals surface area contributed by atoms with Crippen LogP contribution >= 0.6 is 11.8 Å². The van der Waals surface area contributed by atoms with Crippen LogP contribution in [0.15, 0.2) is 21.5 Å². The third-order valence-corrected chi connectivity index (χ3v) is 7.33. The molecule has 0 heterocycles. The fraction of sp³-hybridized carbons (Fsp3) is 0.765. The summed E-state index contributed by atoms with van der Waals surface area (Å²) in [6.07, 6.45) is 15.0. The number of hydrogen-bond donors (Lipinski definition) is 0. The van der Waals surface area contributed by atoms with Crippen molar-refractivity contribution >= 4 is 26.7 Å². The van der Waals surface area contributed by atoms with Crippen molar-refractivity contribution in [1.82, 2.24) is 0 Å². The van der Waals surface area contributed by atoms with Crippen molar-refractivity contribution in [2.75, 3.05) is 5.75 Å². The van der Waals surface area contributed by atoms with E-state index in [1.165, 1.54) is 61.6 Å². The first-order valence-electron chi connectivity index (χ1n) is 7.83. The molecular weight excluding hydrogens is 315 g/mol. The van der Waals surface area contributed by atoms with E-state index >= 15 is 0 Å². The molecule has 0 bridgehead atoms. The molecule has 0 N–H and O–H groups in total. The Labute approximate surface area is 131 Å². The zero-order valence-electron chi connectivity index (χ0n) is 12.9. The van der Waals surface area contributed by atoms with Gasteiger partial charge in [-0.25, -0.2) is 0 Å². The van der Waals surface area contributed by atoms with Gasteiger partial charge in [-0.1, -0.05) is 0 Å². The Kier molecular flexibility index (Phi) is 10.1. The number of unbranched alkanes of at least 4 members (excludes halogenated alkanes) is 1. The first kappa shape index (κ1) is 17.4. The predicted molar refractivity (Wildman–Crippen MR) is 92.0 cm³/mol. The van der Waals surface area contributed by atoms with Gasteiger partial charge in [-0.15, -0.1) is 0 Å². The van der Waals surface area contributed by atoms with E-state index in [-0.39, 0.29) is 0 Å². The van der Waals surface area contributed by atoms with Crippen LogP contribution in [0.5, 0.6) is 0 Å². The van der Waals surface area contributed by atoms with E-state index in [1.807, 2.05) is 0 Å². The molecule has 0 atom stereocenters. The van der Waals surface area contributed by atoms with Crippen molar-refractivity contribution < 1.29 is 0 Å². The van der Waals surface area contributed by atoms with Gasteiger partial charge in [0, 0.05) is 0 Å². The molecular formula is C17H30SSe. The van der Waals surface area contributed by atoms with Gasteiger partial charge in [-0.05, 0) is 0 Å². The molecule has 0 amide bonds. The van der Waals surface area contributed by atoms with E-state index in [2.05, 4.69) is 44.7 Å². The summed E-state index contributed by atoms with van der Waals surface area (Å²) in [5, 5.41) is 1.28. The zero-order valence-corrected chi connectivity index (χ0v) is 15.4. The van der Waals surface area contributed by atoms with Crippen molar-refractivity contribution in [3.05, 3.63) is 21.5 Å². The van der Waals surface area contributed by atoms with Crippen LogP contribution in [0.4, 0.5) is 0 Å². The van der Waals surface area contributed by atoms with E-state index in [1.54, 1.807) is 3.80 Å². The van der Waals surface area contributed by atoms with Gasteiger partial charge >= 0.3 is 131 Å². The van der Waals surface area contributed by atoms with Gasteiger partial charge in [0.15, 0.2) is 0 Å². The average Bonchev–Trinajstić information content (AvgIpc) is 2.39. The molecule has 1 rings (SSSR count). The SMILES string of the molecule is CCCCS/C(=C\C1CCCCC1)[Se]CC=C(C)C. The second-order valence-electron chi connectivity index (χ2n) is 5.68. The number of rotatable bonds is 8. The third-order valence-electron chi connectivity index (χ3n) is 3.48. The summed E-state index contributed by atoms with van der Waals surface area (Å²) in [7, 11) is 0. The Balaban J connectivity index is 2.46.